The van der Waals surface area contributed by atoms with E-state index in [1.807, 2.05) is 54.6 Å². The number of hydrogen-bond acceptors (Lipinski definition) is 6. The second-order valence-corrected chi connectivity index (χ2v) is 8.59. The van der Waals surface area contributed by atoms with Crippen LogP contribution in [-0.2, 0) is 16.1 Å². The van der Waals surface area contributed by atoms with Crippen molar-refractivity contribution in [1.29, 1.82) is 0 Å². The smallest absolute Gasteiger partial charge is 0.270 e. The van der Waals surface area contributed by atoms with E-state index in [2.05, 4.69) is 16.0 Å². The van der Waals surface area contributed by atoms with Gasteiger partial charge in [-0.15, -0.1) is 0 Å². The van der Waals surface area contributed by atoms with Crippen LogP contribution in [0.2, 0.25) is 0 Å². The summed E-state index contributed by atoms with van der Waals surface area (Å²) in [6.07, 6.45) is 0.433. The van der Waals surface area contributed by atoms with Gasteiger partial charge in [-0.3, -0.25) is 19.7 Å². The molecule has 0 saturated heterocycles. The number of anilines is 2. The maximum Gasteiger partial charge on any atom is 0.270 e. The summed E-state index contributed by atoms with van der Waals surface area (Å²) in [5.74, 6) is -0.253. The van der Waals surface area contributed by atoms with Crippen molar-refractivity contribution in [3.05, 3.63) is 99.6 Å². The van der Waals surface area contributed by atoms with Gasteiger partial charge < -0.3 is 20.9 Å². The number of rotatable bonds is 9. The van der Waals surface area contributed by atoms with Crippen LogP contribution in [0.3, 0.4) is 0 Å². The molecule has 3 aromatic carbocycles. The minimum absolute atomic E-state index is 0.0754. The third-order valence-corrected chi connectivity index (χ3v) is 5.84. The van der Waals surface area contributed by atoms with Crippen molar-refractivity contribution in [2.75, 3.05) is 31.3 Å². The highest BCUT2D eigenvalue weighted by Gasteiger charge is 2.30. The number of carbonyl (C=O) groups excluding carboxylic acids is 2. The number of nitro groups is 1. The summed E-state index contributed by atoms with van der Waals surface area (Å²) in [5, 5.41) is 20.8. The third kappa shape index (κ3) is 5.59. The van der Waals surface area contributed by atoms with E-state index in [0.717, 1.165) is 16.8 Å². The largest absolute Gasteiger partial charge is 0.354 e. The first-order chi connectivity index (χ1) is 17.3. The van der Waals surface area contributed by atoms with E-state index in [1.54, 1.807) is 25.1 Å². The average molecular weight is 486 g/mol. The lowest BCUT2D eigenvalue weighted by molar-refractivity contribution is -0.384. The molecule has 0 saturated carbocycles. The summed E-state index contributed by atoms with van der Waals surface area (Å²) in [4.78, 5) is 37.1. The molecular weight excluding hydrogens is 458 g/mol. The van der Waals surface area contributed by atoms with Crippen molar-refractivity contribution < 1.29 is 14.5 Å². The molecule has 0 aromatic heterocycles. The van der Waals surface area contributed by atoms with E-state index >= 15 is 0 Å². The molecule has 1 heterocycles. The summed E-state index contributed by atoms with van der Waals surface area (Å²) in [5.41, 5.74) is 4.42. The topological polar surface area (TPSA) is 117 Å². The quantitative estimate of drug-likeness (QED) is 0.182. The molecule has 184 valence electrons. The standard InChI is InChI=1S/C27H27N5O4/c1-31(2)24(33)14-15-28-17-18-8-10-20(11-9-18)29-26(19-6-4-3-5-7-19)25-22-16-21(32(35)36)12-13-23(22)30-27(25)34/h3-13,16,28-29H,14-15,17H2,1-2H3,(H,30,34)/b26-25-. The predicted molar refractivity (Wildman–Crippen MR) is 140 cm³/mol. The number of nitro benzene ring substituents is 1. The van der Waals surface area contributed by atoms with Crippen LogP contribution in [0.1, 0.15) is 23.1 Å². The van der Waals surface area contributed by atoms with Crippen LogP contribution in [0.15, 0.2) is 72.8 Å². The van der Waals surface area contributed by atoms with Crippen molar-refractivity contribution in [3.8, 4) is 0 Å². The molecule has 36 heavy (non-hydrogen) atoms. The van der Waals surface area contributed by atoms with Crippen molar-refractivity contribution in [2.24, 2.45) is 0 Å². The SMILES string of the molecule is CN(C)C(=O)CCNCc1ccc(N/C(=C2\C(=O)Nc3ccc([N+](=O)[O-])cc32)c2ccccc2)cc1. The monoisotopic (exact) mass is 485 g/mol. The van der Waals surface area contributed by atoms with E-state index in [4.69, 9.17) is 0 Å². The maximum absolute atomic E-state index is 13.0. The van der Waals surface area contributed by atoms with Gasteiger partial charge in [0.25, 0.3) is 11.6 Å². The molecule has 0 radical (unpaired) electrons. The van der Waals surface area contributed by atoms with Crippen LogP contribution < -0.4 is 16.0 Å². The van der Waals surface area contributed by atoms with Crippen LogP contribution in [0.25, 0.3) is 11.3 Å². The molecule has 1 aliphatic rings. The molecule has 1 aliphatic heterocycles. The molecule has 0 atom stereocenters. The Kier molecular flexibility index (Phi) is 7.41. The molecule has 4 rings (SSSR count). The van der Waals surface area contributed by atoms with E-state index in [9.17, 15) is 19.7 Å². The number of carbonyl (C=O) groups is 2. The highest BCUT2D eigenvalue weighted by Crippen LogP contribution is 2.39. The van der Waals surface area contributed by atoms with Crippen molar-refractivity contribution in [2.45, 2.75) is 13.0 Å². The lowest BCUT2D eigenvalue weighted by Gasteiger charge is -2.15. The summed E-state index contributed by atoms with van der Waals surface area (Å²) >= 11 is 0. The number of non-ortho nitro benzene ring substituents is 1. The number of hydrogen-bond donors (Lipinski definition) is 3. The molecule has 3 aromatic rings. The zero-order chi connectivity index (χ0) is 25.7. The summed E-state index contributed by atoms with van der Waals surface area (Å²) in [7, 11) is 3.48. The van der Waals surface area contributed by atoms with Crippen molar-refractivity contribution in [3.63, 3.8) is 0 Å². The first-order valence-electron chi connectivity index (χ1n) is 11.5. The Hall–Kier alpha value is -4.50. The summed E-state index contributed by atoms with van der Waals surface area (Å²) in [6, 6.07) is 21.5. The van der Waals surface area contributed by atoms with Gasteiger partial charge in [0.1, 0.15) is 0 Å². The Balaban J connectivity index is 1.59. The molecular formula is C27H27N5O4. The Morgan fingerprint density at radius 1 is 1.03 bits per heavy atom. The minimum Gasteiger partial charge on any atom is -0.354 e. The van der Waals surface area contributed by atoms with Gasteiger partial charge in [-0.25, -0.2) is 0 Å². The van der Waals surface area contributed by atoms with Gasteiger partial charge in [-0.05, 0) is 29.3 Å². The number of nitrogens with zero attached hydrogens (tertiary/aromatic N) is 2. The molecule has 3 N–H and O–H groups in total. The lowest BCUT2D eigenvalue weighted by Crippen LogP contribution is -2.26. The zero-order valence-electron chi connectivity index (χ0n) is 20.1. The minimum atomic E-state index is -0.473. The first kappa shape index (κ1) is 24.6. The fraction of sp³-hybridized carbons (Fsp3) is 0.185. The van der Waals surface area contributed by atoms with Crippen LogP contribution in [0, 0.1) is 10.1 Å². The lowest BCUT2D eigenvalue weighted by atomic mass is 9.99. The Morgan fingerprint density at radius 3 is 2.42 bits per heavy atom. The molecule has 2 amide bonds. The summed E-state index contributed by atoms with van der Waals surface area (Å²) < 4.78 is 0. The van der Waals surface area contributed by atoms with E-state index in [0.29, 0.717) is 42.0 Å². The van der Waals surface area contributed by atoms with Crippen LogP contribution >= 0.6 is 0 Å². The normalized spacial score (nSPS) is 13.6. The molecule has 0 unspecified atom stereocenters. The fourth-order valence-corrected chi connectivity index (χ4v) is 3.90. The second-order valence-electron chi connectivity index (χ2n) is 8.59. The van der Waals surface area contributed by atoms with Gasteiger partial charge in [-0.1, -0.05) is 42.5 Å². The second kappa shape index (κ2) is 10.8. The van der Waals surface area contributed by atoms with Gasteiger partial charge in [0.15, 0.2) is 0 Å². The van der Waals surface area contributed by atoms with Crippen molar-refractivity contribution in [1.82, 2.24) is 10.2 Å². The van der Waals surface area contributed by atoms with E-state index < -0.39 is 4.92 Å². The Bertz CT molecular complexity index is 1320. The zero-order valence-corrected chi connectivity index (χ0v) is 20.1. The molecule has 9 heteroatoms. The van der Waals surface area contributed by atoms with Gasteiger partial charge in [0, 0.05) is 62.7 Å². The van der Waals surface area contributed by atoms with Gasteiger partial charge >= 0.3 is 0 Å². The Labute approximate surface area is 209 Å². The number of benzene rings is 3. The molecule has 0 aliphatic carbocycles. The van der Waals surface area contributed by atoms with E-state index in [1.165, 1.54) is 12.1 Å². The molecule has 0 bridgehead atoms. The van der Waals surface area contributed by atoms with Crippen LogP contribution in [0.5, 0.6) is 0 Å². The molecule has 0 fully saturated rings. The average Bonchev–Trinajstić information content (AvgIpc) is 3.21. The Morgan fingerprint density at radius 2 is 1.75 bits per heavy atom. The number of amides is 2. The number of nitrogens with one attached hydrogen (secondary N) is 3. The maximum atomic E-state index is 13.0. The molecule has 9 nitrogen and oxygen atoms in total. The highest BCUT2D eigenvalue weighted by molar-refractivity contribution is 6.37. The predicted octanol–water partition coefficient (Wildman–Crippen LogP) is 4.10. The molecule has 0 spiro atoms. The van der Waals surface area contributed by atoms with Gasteiger partial charge in [-0.2, -0.15) is 0 Å². The van der Waals surface area contributed by atoms with Crippen LogP contribution in [0.4, 0.5) is 17.1 Å². The highest BCUT2D eigenvalue weighted by atomic mass is 16.6. The van der Waals surface area contributed by atoms with Crippen molar-refractivity contribution >= 4 is 40.1 Å². The van der Waals surface area contributed by atoms with E-state index in [-0.39, 0.29) is 17.5 Å². The summed E-state index contributed by atoms with van der Waals surface area (Å²) in [6.45, 7) is 1.20. The number of fused-ring (bicyclic) bond motifs is 1. The third-order valence-electron chi connectivity index (χ3n) is 5.84. The van der Waals surface area contributed by atoms with Gasteiger partial charge in [0.05, 0.1) is 16.2 Å². The van der Waals surface area contributed by atoms with Gasteiger partial charge in [0.2, 0.25) is 5.91 Å². The van der Waals surface area contributed by atoms with Crippen LogP contribution in [-0.4, -0.2) is 42.3 Å². The fourth-order valence-electron chi connectivity index (χ4n) is 3.90. The first-order valence-corrected chi connectivity index (χ1v) is 11.5.